The second-order valence-electron chi connectivity index (χ2n) is 7.22. The zero-order chi connectivity index (χ0) is 17.7. The normalized spacial score (nSPS) is 17.3. The minimum atomic E-state index is -0.334. The molecule has 0 radical (unpaired) electrons. The highest BCUT2D eigenvalue weighted by atomic mass is 19.1. The molecule has 1 aliphatic heterocycles. The molecule has 0 unspecified atom stereocenters. The van der Waals surface area contributed by atoms with Gasteiger partial charge in [-0.3, -0.25) is 4.79 Å². The number of nitrogens with zero attached hydrogens (tertiary/aromatic N) is 4. The van der Waals surface area contributed by atoms with Crippen LogP contribution in [0.4, 0.5) is 10.4 Å². The summed E-state index contributed by atoms with van der Waals surface area (Å²) in [5.41, 5.74) is 3.29. The second kappa shape index (κ2) is 5.93. The first kappa shape index (κ1) is 15.5. The molecule has 1 saturated heterocycles. The molecule has 2 aliphatic rings. The number of fused-ring (bicyclic) bond motifs is 2. The van der Waals surface area contributed by atoms with Crippen molar-refractivity contribution in [2.24, 2.45) is 5.92 Å². The molecule has 3 heterocycles. The van der Waals surface area contributed by atoms with E-state index in [0.717, 1.165) is 50.0 Å². The van der Waals surface area contributed by atoms with Crippen molar-refractivity contribution < 1.29 is 8.81 Å². The molecule has 134 valence electrons. The van der Waals surface area contributed by atoms with E-state index in [1.807, 2.05) is 4.90 Å². The van der Waals surface area contributed by atoms with Crippen molar-refractivity contribution in [3.8, 4) is 0 Å². The third kappa shape index (κ3) is 2.67. The van der Waals surface area contributed by atoms with E-state index in [4.69, 9.17) is 4.42 Å². The van der Waals surface area contributed by atoms with E-state index in [2.05, 4.69) is 10.1 Å². The Morgan fingerprint density at radius 1 is 1.19 bits per heavy atom. The Bertz CT molecular complexity index is 1040. The lowest BCUT2D eigenvalue weighted by Crippen LogP contribution is -2.50. The summed E-state index contributed by atoms with van der Waals surface area (Å²) >= 11 is 0. The van der Waals surface area contributed by atoms with E-state index >= 15 is 0 Å². The molecule has 0 bridgehead atoms. The lowest BCUT2D eigenvalue weighted by Gasteiger charge is -2.38. The number of aryl methyl sites for hydroxylation is 2. The molecule has 0 spiro atoms. The maximum Gasteiger partial charge on any atom is 0.298 e. The molecule has 1 aromatic carbocycles. The summed E-state index contributed by atoms with van der Waals surface area (Å²) in [6, 6.07) is 6.60. The van der Waals surface area contributed by atoms with Gasteiger partial charge in [0.15, 0.2) is 5.58 Å². The summed E-state index contributed by atoms with van der Waals surface area (Å²) in [5, 5.41) is 4.58. The molecular weight excluding hydrogens is 335 g/mol. The Morgan fingerprint density at radius 2 is 2.04 bits per heavy atom. The highest BCUT2D eigenvalue weighted by molar-refractivity contribution is 5.74. The van der Waals surface area contributed by atoms with Crippen LogP contribution >= 0.6 is 0 Å². The van der Waals surface area contributed by atoms with Crippen LogP contribution in [0.3, 0.4) is 0 Å². The van der Waals surface area contributed by atoms with Gasteiger partial charge in [-0.1, -0.05) is 0 Å². The van der Waals surface area contributed by atoms with Gasteiger partial charge in [-0.05, 0) is 43.4 Å². The van der Waals surface area contributed by atoms with Gasteiger partial charge in [0, 0.05) is 31.1 Å². The number of anilines is 1. The maximum atomic E-state index is 13.3. The Kier molecular flexibility index (Phi) is 3.55. The molecule has 3 aromatic rings. The standard InChI is InChI=1S/C19H19FN4O2/c20-14-5-6-16-17(8-14)26-19(21-16)23-9-12(10-23)11-24-18(25)7-13-3-1-2-4-15(13)22-24/h5-8,12H,1-4,9-11H2. The van der Waals surface area contributed by atoms with Crippen molar-refractivity contribution in [3.05, 3.63) is 51.7 Å². The van der Waals surface area contributed by atoms with Crippen molar-refractivity contribution in [2.45, 2.75) is 32.2 Å². The first-order valence-corrected chi connectivity index (χ1v) is 9.07. The topological polar surface area (TPSA) is 64.2 Å². The fourth-order valence-corrected chi connectivity index (χ4v) is 3.84. The highest BCUT2D eigenvalue weighted by Gasteiger charge is 2.31. The monoisotopic (exact) mass is 354 g/mol. The van der Waals surface area contributed by atoms with Crippen LogP contribution < -0.4 is 10.5 Å². The van der Waals surface area contributed by atoms with Crippen LogP contribution in [0.25, 0.3) is 11.1 Å². The predicted octanol–water partition coefficient (Wildman–Crippen LogP) is 2.54. The third-order valence-electron chi connectivity index (χ3n) is 5.27. The molecule has 0 atom stereocenters. The van der Waals surface area contributed by atoms with Crippen molar-refractivity contribution >= 4 is 17.1 Å². The van der Waals surface area contributed by atoms with Crippen LogP contribution in [0.15, 0.2) is 33.5 Å². The maximum absolute atomic E-state index is 13.3. The van der Waals surface area contributed by atoms with Gasteiger partial charge in [0.1, 0.15) is 11.3 Å². The van der Waals surface area contributed by atoms with Crippen LogP contribution in [0.2, 0.25) is 0 Å². The van der Waals surface area contributed by atoms with Crippen LogP contribution in [-0.2, 0) is 19.4 Å². The van der Waals surface area contributed by atoms with Gasteiger partial charge < -0.3 is 9.32 Å². The fourth-order valence-electron chi connectivity index (χ4n) is 3.84. The Hall–Kier alpha value is -2.70. The lowest BCUT2D eigenvalue weighted by atomic mass is 9.97. The van der Waals surface area contributed by atoms with Crippen LogP contribution in [-0.4, -0.2) is 27.9 Å². The SMILES string of the molecule is O=c1cc2c(nn1CC1CN(c3nc4ccc(F)cc4o3)C1)CCCC2. The molecule has 0 saturated carbocycles. The summed E-state index contributed by atoms with van der Waals surface area (Å²) in [7, 11) is 0. The average Bonchev–Trinajstić information content (AvgIpc) is 3.00. The summed E-state index contributed by atoms with van der Waals surface area (Å²) in [4.78, 5) is 18.7. The van der Waals surface area contributed by atoms with Gasteiger partial charge in [-0.2, -0.15) is 10.1 Å². The van der Waals surface area contributed by atoms with Gasteiger partial charge in [0.25, 0.3) is 11.6 Å². The van der Waals surface area contributed by atoms with Crippen molar-refractivity contribution in [2.75, 3.05) is 18.0 Å². The second-order valence-corrected chi connectivity index (χ2v) is 7.22. The number of oxazole rings is 1. The zero-order valence-corrected chi connectivity index (χ0v) is 14.3. The molecule has 0 amide bonds. The van der Waals surface area contributed by atoms with Crippen molar-refractivity contribution in [1.29, 1.82) is 0 Å². The molecule has 26 heavy (non-hydrogen) atoms. The number of hydrogen-bond donors (Lipinski definition) is 0. The van der Waals surface area contributed by atoms with Gasteiger partial charge in [0.2, 0.25) is 0 Å². The Morgan fingerprint density at radius 3 is 2.92 bits per heavy atom. The molecule has 1 aliphatic carbocycles. The van der Waals surface area contributed by atoms with Gasteiger partial charge in [-0.15, -0.1) is 0 Å². The Labute approximate surface area is 149 Å². The minimum Gasteiger partial charge on any atom is -0.423 e. The summed E-state index contributed by atoms with van der Waals surface area (Å²) in [5.74, 6) is -0.00636. The average molecular weight is 354 g/mol. The highest BCUT2D eigenvalue weighted by Crippen LogP contribution is 2.28. The quantitative estimate of drug-likeness (QED) is 0.723. The number of aromatic nitrogens is 3. The van der Waals surface area contributed by atoms with Gasteiger partial charge >= 0.3 is 0 Å². The number of rotatable bonds is 3. The first-order chi connectivity index (χ1) is 12.7. The van der Waals surface area contributed by atoms with Gasteiger partial charge in [0.05, 0.1) is 12.2 Å². The predicted molar refractivity (Wildman–Crippen MR) is 94.8 cm³/mol. The molecule has 7 heteroatoms. The lowest BCUT2D eigenvalue weighted by molar-refractivity contribution is 0.316. The largest absolute Gasteiger partial charge is 0.423 e. The Balaban J connectivity index is 1.29. The van der Waals surface area contributed by atoms with E-state index in [-0.39, 0.29) is 11.4 Å². The van der Waals surface area contributed by atoms with E-state index in [1.165, 1.54) is 12.1 Å². The summed E-state index contributed by atoms with van der Waals surface area (Å²) in [6.07, 6.45) is 4.22. The molecule has 6 nitrogen and oxygen atoms in total. The number of benzene rings is 1. The van der Waals surface area contributed by atoms with E-state index < -0.39 is 0 Å². The molecule has 0 N–H and O–H groups in total. The van der Waals surface area contributed by atoms with E-state index in [1.54, 1.807) is 16.8 Å². The molecular formula is C19H19FN4O2. The number of hydrogen-bond acceptors (Lipinski definition) is 5. The van der Waals surface area contributed by atoms with E-state index in [9.17, 15) is 9.18 Å². The summed E-state index contributed by atoms with van der Waals surface area (Å²) < 4.78 is 20.5. The molecule has 5 rings (SSSR count). The fraction of sp³-hybridized carbons (Fsp3) is 0.421. The number of halogens is 1. The van der Waals surface area contributed by atoms with Crippen LogP contribution in [0, 0.1) is 11.7 Å². The minimum absolute atomic E-state index is 0.0126. The molecule has 1 fully saturated rings. The third-order valence-corrected chi connectivity index (χ3v) is 5.27. The van der Waals surface area contributed by atoms with Crippen LogP contribution in [0.1, 0.15) is 24.1 Å². The van der Waals surface area contributed by atoms with Crippen LogP contribution in [0.5, 0.6) is 0 Å². The van der Waals surface area contributed by atoms with Crippen molar-refractivity contribution in [3.63, 3.8) is 0 Å². The van der Waals surface area contributed by atoms with E-state index in [0.29, 0.717) is 29.6 Å². The smallest absolute Gasteiger partial charge is 0.298 e. The molecule has 2 aromatic heterocycles. The zero-order valence-electron chi connectivity index (χ0n) is 14.3. The summed E-state index contributed by atoms with van der Waals surface area (Å²) in [6.45, 7) is 2.11. The van der Waals surface area contributed by atoms with Crippen molar-refractivity contribution in [1.82, 2.24) is 14.8 Å². The van der Waals surface area contributed by atoms with Gasteiger partial charge in [-0.25, -0.2) is 9.07 Å². The first-order valence-electron chi connectivity index (χ1n) is 9.07.